The van der Waals surface area contributed by atoms with E-state index in [0.29, 0.717) is 48.2 Å². The molecule has 0 saturated carbocycles. The summed E-state index contributed by atoms with van der Waals surface area (Å²) in [4.78, 5) is 29.9. The Labute approximate surface area is 255 Å². The molecule has 0 atom stereocenters. The highest BCUT2D eigenvalue weighted by atomic mass is 35.5. The molecule has 0 unspecified atom stereocenters. The molecular weight excluding hydrogens is 606 g/mol. The number of amides is 1. The number of carbonyl (C=O) groups is 2. The Morgan fingerprint density at radius 2 is 1.51 bits per heavy atom. The first-order chi connectivity index (χ1) is 19.7. The van der Waals surface area contributed by atoms with E-state index in [0.717, 1.165) is 5.56 Å². The van der Waals surface area contributed by atoms with E-state index in [1.165, 1.54) is 6.20 Å². The Balaban J connectivity index is 1.38. The number of nitrogens with one attached hydrogen (secondary N) is 1. The molecule has 206 valence electrons. The third kappa shape index (κ3) is 6.55. The second-order valence-electron chi connectivity index (χ2n) is 8.92. The zero-order valence-corrected chi connectivity index (χ0v) is 24.4. The van der Waals surface area contributed by atoms with E-state index >= 15 is 0 Å². The van der Waals surface area contributed by atoms with E-state index in [4.69, 9.17) is 51.1 Å². The molecule has 7 nitrogen and oxygen atoms in total. The van der Waals surface area contributed by atoms with Gasteiger partial charge in [-0.25, -0.2) is 14.5 Å². The maximum Gasteiger partial charge on any atom is 0.344 e. The van der Waals surface area contributed by atoms with E-state index in [1.54, 1.807) is 71.4 Å². The van der Waals surface area contributed by atoms with Gasteiger partial charge in [-0.3, -0.25) is 4.79 Å². The molecule has 3 aromatic carbocycles. The summed E-state index contributed by atoms with van der Waals surface area (Å²) in [5.41, 5.74) is 3.89. The Bertz CT molecular complexity index is 1750. The third-order valence-electron chi connectivity index (χ3n) is 6.12. The van der Waals surface area contributed by atoms with Crippen LogP contribution in [0, 0.1) is 6.92 Å². The van der Waals surface area contributed by atoms with Crippen LogP contribution in [-0.2, 0) is 6.54 Å². The maximum absolute atomic E-state index is 13.4. The minimum Gasteiger partial charge on any atom is -0.404 e. The van der Waals surface area contributed by atoms with Crippen molar-refractivity contribution in [1.29, 1.82) is 0 Å². The van der Waals surface area contributed by atoms with E-state index < -0.39 is 11.9 Å². The second-order valence-corrected chi connectivity index (χ2v) is 10.6. The average Bonchev–Trinajstić information content (AvgIpc) is 3.29. The fourth-order valence-corrected chi connectivity index (χ4v) is 4.85. The molecule has 0 fully saturated rings. The van der Waals surface area contributed by atoms with Gasteiger partial charge in [-0.2, -0.15) is 5.10 Å². The van der Waals surface area contributed by atoms with Gasteiger partial charge in [-0.1, -0.05) is 58.5 Å². The highest BCUT2D eigenvalue weighted by molar-refractivity contribution is 6.35. The molecule has 2 aromatic heterocycles. The molecule has 0 radical (unpaired) electrons. The zero-order valence-electron chi connectivity index (χ0n) is 21.4. The van der Waals surface area contributed by atoms with E-state index in [9.17, 15) is 9.59 Å². The first-order valence-electron chi connectivity index (χ1n) is 12.2. The van der Waals surface area contributed by atoms with Crippen LogP contribution in [0.2, 0.25) is 20.1 Å². The second kappa shape index (κ2) is 12.3. The van der Waals surface area contributed by atoms with Crippen LogP contribution in [-0.4, -0.2) is 26.6 Å². The Morgan fingerprint density at radius 3 is 2.20 bits per heavy atom. The molecule has 0 saturated heterocycles. The van der Waals surface area contributed by atoms with Crippen molar-refractivity contribution in [1.82, 2.24) is 20.1 Å². The van der Waals surface area contributed by atoms with Gasteiger partial charge in [0.1, 0.15) is 0 Å². The number of ether oxygens (including phenoxy) is 1. The predicted octanol–water partition coefficient (Wildman–Crippen LogP) is 8.01. The number of nitrogens with zero attached hydrogens (tertiary/aromatic N) is 3. The molecule has 11 heteroatoms. The van der Waals surface area contributed by atoms with E-state index in [2.05, 4.69) is 15.4 Å². The van der Waals surface area contributed by atoms with Gasteiger partial charge in [0.05, 0.1) is 22.0 Å². The molecule has 0 aliphatic carbocycles. The van der Waals surface area contributed by atoms with Gasteiger partial charge in [0, 0.05) is 45.0 Å². The summed E-state index contributed by atoms with van der Waals surface area (Å²) in [7, 11) is 0. The Hall–Kier alpha value is -3.88. The fraction of sp³-hybridized carbons (Fsp3) is 0.0667. The van der Waals surface area contributed by atoms with Crippen molar-refractivity contribution in [3.8, 4) is 22.8 Å². The summed E-state index contributed by atoms with van der Waals surface area (Å²) < 4.78 is 7.00. The van der Waals surface area contributed by atoms with E-state index in [-0.39, 0.29) is 18.1 Å². The summed E-state index contributed by atoms with van der Waals surface area (Å²) >= 11 is 24.6. The summed E-state index contributed by atoms with van der Waals surface area (Å²) in [5, 5.41) is 9.45. The van der Waals surface area contributed by atoms with Gasteiger partial charge in [0.25, 0.3) is 5.91 Å². The highest BCUT2D eigenvalue weighted by Crippen LogP contribution is 2.33. The Kier molecular flexibility index (Phi) is 8.61. The van der Waals surface area contributed by atoms with Crippen LogP contribution in [0.3, 0.4) is 0 Å². The van der Waals surface area contributed by atoms with Crippen molar-refractivity contribution in [3.63, 3.8) is 0 Å². The minimum atomic E-state index is -0.577. The van der Waals surface area contributed by atoms with Crippen molar-refractivity contribution in [3.05, 3.63) is 128 Å². The predicted molar refractivity (Wildman–Crippen MR) is 161 cm³/mol. The molecule has 5 rings (SSSR count). The number of pyridine rings is 1. The average molecular weight is 626 g/mol. The number of esters is 1. The largest absolute Gasteiger partial charge is 0.404 e. The summed E-state index contributed by atoms with van der Waals surface area (Å²) in [6.45, 7) is 1.95. The molecule has 1 amide bonds. The third-order valence-corrected chi connectivity index (χ3v) is 7.16. The van der Waals surface area contributed by atoms with Crippen LogP contribution >= 0.6 is 46.4 Å². The number of rotatable bonds is 7. The van der Waals surface area contributed by atoms with Gasteiger partial charge >= 0.3 is 5.97 Å². The van der Waals surface area contributed by atoms with E-state index in [1.807, 2.05) is 19.1 Å². The lowest BCUT2D eigenvalue weighted by Crippen LogP contribution is -2.24. The molecule has 2 heterocycles. The summed E-state index contributed by atoms with van der Waals surface area (Å²) in [6, 6.07) is 21.9. The monoisotopic (exact) mass is 624 g/mol. The molecule has 5 aromatic rings. The SMILES string of the molecule is Cc1c(C(=O)NCc2ccnc(OC(=O)c3ccc(Cl)cc3)c2)nn(-c2ccc(Cl)cc2Cl)c1-c1ccc(Cl)cc1. The van der Waals surface area contributed by atoms with Crippen LogP contribution in [0.25, 0.3) is 16.9 Å². The number of halogens is 4. The van der Waals surface area contributed by atoms with Crippen LogP contribution in [0.15, 0.2) is 85.1 Å². The van der Waals surface area contributed by atoms with Gasteiger partial charge in [-0.05, 0) is 73.2 Å². The van der Waals surface area contributed by atoms with Crippen molar-refractivity contribution in [2.24, 2.45) is 0 Å². The molecule has 1 N–H and O–H groups in total. The highest BCUT2D eigenvalue weighted by Gasteiger charge is 2.23. The number of hydrogen-bond donors (Lipinski definition) is 1. The molecule has 41 heavy (non-hydrogen) atoms. The van der Waals surface area contributed by atoms with Crippen LogP contribution in [0.1, 0.15) is 32.0 Å². The lowest BCUT2D eigenvalue weighted by Gasteiger charge is -2.11. The van der Waals surface area contributed by atoms with Gasteiger partial charge in [0.15, 0.2) is 5.69 Å². The van der Waals surface area contributed by atoms with Gasteiger partial charge < -0.3 is 10.1 Å². The van der Waals surface area contributed by atoms with Crippen molar-refractivity contribution >= 4 is 58.3 Å². The first-order valence-corrected chi connectivity index (χ1v) is 13.7. The fourth-order valence-electron chi connectivity index (χ4n) is 4.11. The lowest BCUT2D eigenvalue weighted by molar-refractivity contribution is 0.0727. The van der Waals surface area contributed by atoms with Crippen LogP contribution < -0.4 is 10.1 Å². The molecule has 0 aliphatic heterocycles. The number of benzene rings is 3. The minimum absolute atomic E-state index is 0.0968. The summed E-state index contributed by atoms with van der Waals surface area (Å²) in [6.07, 6.45) is 1.49. The lowest BCUT2D eigenvalue weighted by atomic mass is 10.1. The maximum atomic E-state index is 13.4. The number of aromatic nitrogens is 3. The topological polar surface area (TPSA) is 86.1 Å². The standard InChI is InChI=1S/C30H20Cl4N4O3/c1-17-27(37-38(25-11-10-23(33)15-24(25)34)28(17)19-2-6-21(31)7-3-19)29(39)36-16-18-12-13-35-26(14-18)41-30(40)20-4-8-22(32)9-5-20/h2-15H,16H2,1H3,(H,36,39). The Morgan fingerprint density at radius 1 is 0.854 bits per heavy atom. The zero-order chi connectivity index (χ0) is 29.1. The smallest absolute Gasteiger partial charge is 0.344 e. The van der Waals surface area contributed by atoms with Gasteiger partial charge in [-0.15, -0.1) is 0 Å². The molecule has 0 bridgehead atoms. The normalized spacial score (nSPS) is 10.9. The van der Waals surface area contributed by atoms with Crippen molar-refractivity contribution in [2.45, 2.75) is 13.5 Å². The van der Waals surface area contributed by atoms with Crippen molar-refractivity contribution < 1.29 is 14.3 Å². The number of carbonyl (C=O) groups excluding carboxylic acids is 2. The van der Waals surface area contributed by atoms with Crippen LogP contribution in [0.4, 0.5) is 0 Å². The quantitative estimate of drug-likeness (QED) is 0.185. The van der Waals surface area contributed by atoms with Gasteiger partial charge in [0.2, 0.25) is 5.88 Å². The number of hydrogen-bond acceptors (Lipinski definition) is 5. The first kappa shape index (κ1) is 28.6. The summed E-state index contributed by atoms with van der Waals surface area (Å²) in [5.74, 6) is -0.885. The van der Waals surface area contributed by atoms with Crippen molar-refractivity contribution in [2.75, 3.05) is 0 Å². The van der Waals surface area contributed by atoms with Crippen LogP contribution in [0.5, 0.6) is 5.88 Å². The molecule has 0 aliphatic rings. The molecular formula is C30H20Cl4N4O3. The molecule has 0 spiro atoms.